The van der Waals surface area contributed by atoms with E-state index in [1.54, 1.807) is 72.5 Å². The highest BCUT2D eigenvalue weighted by atomic mass is 32.2. The second-order valence-electron chi connectivity index (χ2n) is 5.39. The number of methoxy groups -OCH3 is 1. The van der Waals surface area contributed by atoms with Crippen molar-refractivity contribution >= 4 is 35.3 Å². The number of rotatable bonds is 5. The van der Waals surface area contributed by atoms with Gasteiger partial charge in [0, 0.05) is 17.5 Å². The number of amides is 2. The van der Waals surface area contributed by atoms with Gasteiger partial charge in [0.1, 0.15) is 17.6 Å². The highest BCUT2D eigenvalue weighted by Gasteiger charge is 2.33. The van der Waals surface area contributed by atoms with Crippen molar-refractivity contribution in [1.82, 2.24) is 4.90 Å². The molecule has 1 N–H and O–H groups in total. The number of hydrogen-bond donors (Lipinski definition) is 1. The van der Waals surface area contributed by atoms with Gasteiger partial charge in [-0.15, -0.1) is 11.8 Å². The van der Waals surface area contributed by atoms with E-state index in [2.05, 4.69) is 5.32 Å². The maximum absolute atomic E-state index is 12.5. The first kappa shape index (κ1) is 17.2. The predicted octanol–water partition coefficient (Wildman–Crippen LogP) is 2.84. The SMILES string of the molecule is COc1ccc(NC(=O)C2CSCN2C(=O)C=Cc2ccco2)cc1. The Morgan fingerprint density at radius 1 is 1.32 bits per heavy atom. The Balaban J connectivity index is 1.63. The lowest BCUT2D eigenvalue weighted by Gasteiger charge is -2.21. The molecule has 1 aliphatic heterocycles. The van der Waals surface area contributed by atoms with E-state index in [0.717, 1.165) is 0 Å². The summed E-state index contributed by atoms with van der Waals surface area (Å²) in [5, 5.41) is 2.85. The van der Waals surface area contributed by atoms with E-state index >= 15 is 0 Å². The zero-order chi connectivity index (χ0) is 17.6. The van der Waals surface area contributed by atoms with E-state index in [-0.39, 0.29) is 11.8 Å². The molecular formula is C18H18N2O4S. The van der Waals surface area contributed by atoms with E-state index < -0.39 is 6.04 Å². The van der Waals surface area contributed by atoms with Gasteiger partial charge in [0.05, 0.1) is 19.2 Å². The van der Waals surface area contributed by atoms with Crippen LogP contribution in [-0.4, -0.2) is 41.5 Å². The number of carbonyl (C=O) groups is 2. The molecule has 6 nitrogen and oxygen atoms in total. The number of benzene rings is 1. The molecule has 0 saturated carbocycles. The molecule has 1 atom stereocenters. The van der Waals surface area contributed by atoms with Gasteiger partial charge in [-0.1, -0.05) is 0 Å². The zero-order valence-electron chi connectivity index (χ0n) is 13.7. The quantitative estimate of drug-likeness (QED) is 0.832. The van der Waals surface area contributed by atoms with Crippen LogP contribution in [0, 0.1) is 0 Å². The molecule has 0 bridgehead atoms. The molecule has 7 heteroatoms. The molecule has 1 aliphatic rings. The van der Waals surface area contributed by atoms with Crippen molar-refractivity contribution < 1.29 is 18.7 Å². The fourth-order valence-electron chi connectivity index (χ4n) is 2.41. The number of nitrogens with one attached hydrogen (secondary N) is 1. The lowest BCUT2D eigenvalue weighted by atomic mass is 10.2. The number of anilines is 1. The van der Waals surface area contributed by atoms with E-state index in [4.69, 9.17) is 9.15 Å². The molecule has 0 aliphatic carbocycles. The third-order valence-electron chi connectivity index (χ3n) is 3.76. The Hall–Kier alpha value is -2.67. The smallest absolute Gasteiger partial charge is 0.248 e. The van der Waals surface area contributed by atoms with Crippen molar-refractivity contribution in [2.45, 2.75) is 6.04 Å². The van der Waals surface area contributed by atoms with Crippen LogP contribution < -0.4 is 10.1 Å². The normalized spacial score (nSPS) is 17.0. The van der Waals surface area contributed by atoms with Gasteiger partial charge in [0.25, 0.3) is 0 Å². The van der Waals surface area contributed by atoms with Crippen molar-refractivity contribution in [3.8, 4) is 5.75 Å². The first-order chi connectivity index (χ1) is 12.2. The minimum Gasteiger partial charge on any atom is -0.497 e. The Bertz CT molecular complexity index is 756. The molecule has 2 aromatic rings. The maximum atomic E-state index is 12.5. The van der Waals surface area contributed by atoms with Crippen molar-refractivity contribution in [2.24, 2.45) is 0 Å². The van der Waals surface area contributed by atoms with Gasteiger partial charge in [0.2, 0.25) is 11.8 Å². The standard InChI is InChI=1S/C18H18N2O4S/c1-23-14-6-4-13(5-7-14)19-18(22)16-11-25-12-20(16)17(21)9-8-15-3-2-10-24-15/h2-10,16H,11-12H2,1H3,(H,19,22). The summed E-state index contributed by atoms with van der Waals surface area (Å²) in [6.45, 7) is 0. The Morgan fingerprint density at radius 2 is 2.12 bits per heavy atom. The minimum absolute atomic E-state index is 0.199. The number of hydrogen-bond acceptors (Lipinski definition) is 5. The summed E-state index contributed by atoms with van der Waals surface area (Å²) in [5.41, 5.74) is 0.668. The largest absolute Gasteiger partial charge is 0.497 e. The molecule has 1 unspecified atom stereocenters. The van der Waals surface area contributed by atoms with Crippen LogP contribution in [0.25, 0.3) is 6.08 Å². The average Bonchev–Trinajstić information content (AvgIpc) is 3.32. The summed E-state index contributed by atoms with van der Waals surface area (Å²) in [6.07, 6.45) is 4.57. The second-order valence-corrected chi connectivity index (χ2v) is 6.39. The average molecular weight is 358 g/mol. The van der Waals surface area contributed by atoms with Crippen LogP contribution in [0.3, 0.4) is 0 Å². The monoisotopic (exact) mass is 358 g/mol. The Kier molecular flexibility index (Phi) is 5.45. The van der Waals surface area contributed by atoms with Gasteiger partial charge >= 0.3 is 0 Å². The second kappa shape index (κ2) is 7.94. The molecule has 2 heterocycles. The topological polar surface area (TPSA) is 71.8 Å². The van der Waals surface area contributed by atoms with Crippen LogP contribution in [0.1, 0.15) is 5.76 Å². The van der Waals surface area contributed by atoms with Gasteiger partial charge in [-0.3, -0.25) is 9.59 Å². The van der Waals surface area contributed by atoms with Crippen LogP contribution in [0.4, 0.5) is 5.69 Å². The first-order valence-electron chi connectivity index (χ1n) is 7.72. The maximum Gasteiger partial charge on any atom is 0.248 e. The minimum atomic E-state index is -0.499. The first-order valence-corrected chi connectivity index (χ1v) is 8.87. The molecule has 1 saturated heterocycles. The van der Waals surface area contributed by atoms with Crippen molar-refractivity contribution in [1.29, 1.82) is 0 Å². The van der Waals surface area contributed by atoms with Gasteiger partial charge < -0.3 is 19.4 Å². The van der Waals surface area contributed by atoms with E-state index in [1.807, 2.05) is 0 Å². The van der Waals surface area contributed by atoms with Gasteiger partial charge in [-0.25, -0.2) is 0 Å². The molecule has 0 spiro atoms. The third kappa shape index (κ3) is 4.24. The Morgan fingerprint density at radius 3 is 2.80 bits per heavy atom. The molecule has 25 heavy (non-hydrogen) atoms. The van der Waals surface area contributed by atoms with Crippen LogP contribution in [-0.2, 0) is 9.59 Å². The molecular weight excluding hydrogens is 340 g/mol. The zero-order valence-corrected chi connectivity index (χ0v) is 14.5. The predicted molar refractivity (Wildman–Crippen MR) is 97.3 cm³/mol. The summed E-state index contributed by atoms with van der Waals surface area (Å²) in [4.78, 5) is 26.5. The lowest BCUT2D eigenvalue weighted by molar-refractivity contribution is -0.132. The van der Waals surface area contributed by atoms with E-state index in [1.165, 1.54) is 6.08 Å². The number of nitrogens with zero attached hydrogens (tertiary/aromatic N) is 1. The highest BCUT2D eigenvalue weighted by molar-refractivity contribution is 7.99. The highest BCUT2D eigenvalue weighted by Crippen LogP contribution is 2.23. The van der Waals surface area contributed by atoms with Crippen LogP contribution >= 0.6 is 11.8 Å². The van der Waals surface area contributed by atoms with Gasteiger partial charge in [-0.2, -0.15) is 0 Å². The Labute approximate surface area is 149 Å². The summed E-state index contributed by atoms with van der Waals surface area (Å²) in [5.74, 6) is 1.96. The fourth-order valence-corrected chi connectivity index (χ4v) is 3.58. The number of ether oxygens (including phenoxy) is 1. The van der Waals surface area contributed by atoms with Crippen molar-refractivity contribution in [3.63, 3.8) is 0 Å². The summed E-state index contributed by atoms with van der Waals surface area (Å²) in [6, 6.07) is 10.1. The third-order valence-corrected chi connectivity index (χ3v) is 4.77. The summed E-state index contributed by atoms with van der Waals surface area (Å²) in [7, 11) is 1.59. The van der Waals surface area contributed by atoms with Crippen molar-refractivity contribution in [3.05, 3.63) is 54.5 Å². The summed E-state index contributed by atoms with van der Waals surface area (Å²) < 4.78 is 10.3. The molecule has 3 rings (SSSR count). The molecule has 1 aromatic carbocycles. The number of thioether (sulfide) groups is 1. The van der Waals surface area contributed by atoms with Crippen LogP contribution in [0.2, 0.25) is 0 Å². The fraction of sp³-hybridized carbons (Fsp3) is 0.222. The van der Waals surface area contributed by atoms with Gasteiger partial charge in [-0.05, 0) is 42.5 Å². The van der Waals surface area contributed by atoms with E-state index in [0.29, 0.717) is 28.8 Å². The molecule has 1 fully saturated rings. The van der Waals surface area contributed by atoms with Crippen LogP contribution in [0.15, 0.2) is 53.2 Å². The molecule has 0 radical (unpaired) electrons. The van der Waals surface area contributed by atoms with E-state index in [9.17, 15) is 9.59 Å². The number of carbonyl (C=O) groups excluding carboxylic acids is 2. The van der Waals surface area contributed by atoms with Gasteiger partial charge in [0.15, 0.2) is 0 Å². The van der Waals surface area contributed by atoms with Crippen molar-refractivity contribution in [2.75, 3.05) is 24.1 Å². The lowest BCUT2D eigenvalue weighted by Crippen LogP contribution is -2.43. The number of furan rings is 1. The molecule has 130 valence electrons. The molecule has 2 amide bonds. The summed E-state index contributed by atoms with van der Waals surface area (Å²) >= 11 is 1.55. The molecule has 1 aromatic heterocycles. The van der Waals surface area contributed by atoms with Crippen LogP contribution in [0.5, 0.6) is 5.75 Å².